The van der Waals surface area contributed by atoms with E-state index in [0.717, 1.165) is 204 Å². The van der Waals surface area contributed by atoms with Gasteiger partial charge in [0, 0.05) is 55.6 Å². The Morgan fingerprint density at radius 2 is 0.594 bits per heavy atom. The zero-order chi connectivity index (χ0) is 98.4. The normalized spacial score (nSPS) is 12.6. The molecule has 0 aliphatic heterocycles. The average Bonchev–Trinajstić information content (AvgIpc) is 1.58. The highest BCUT2D eigenvalue weighted by atomic mass is 127. The number of hydrogen-bond donors (Lipinski definition) is 4. The predicted octanol–water partition coefficient (Wildman–Crippen LogP) is 18.1. The van der Waals surface area contributed by atoms with Crippen LogP contribution in [0.25, 0.3) is 90.1 Å². The van der Waals surface area contributed by atoms with E-state index in [9.17, 15) is 38.4 Å². The number of aromatic amines is 4. The minimum atomic E-state index is -0.750. The number of rotatable bonds is 20. The van der Waals surface area contributed by atoms with E-state index in [2.05, 4.69) is 143 Å². The molecule has 6 aliphatic carbocycles. The zero-order valence-electron chi connectivity index (χ0n) is 75.0. The number of halogens is 4. The van der Waals surface area contributed by atoms with Crippen molar-refractivity contribution in [1.82, 2.24) is 38.2 Å². The van der Waals surface area contributed by atoms with Crippen LogP contribution in [0.3, 0.4) is 0 Å². The Balaban J connectivity index is 0.000000149. The van der Waals surface area contributed by atoms with E-state index in [1.54, 1.807) is 6.92 Å². The Morgan fingerprint density at radius 1 is 0.333 bits per heavy atom. The highest BCUT2D eigenvalue weighted by Crippen LogP contribution is 2.47. The quantitative estimate of drug-likeness (QED) is 0.0313. The second kappa shape index (κ2) is 48.9. The number of ether oxygens (including phenoxy) is 4. The number of pyridine rings is 4. The molecule has 0 spiro atoms. The lowest BCUT2D eigenvalue weighted by molar-refractivity contribution is 0.0503. The molecule has 2 fully saturated rings. The number of nitrogens with zero attached hydrogens (tertiary/aromatic N) is 4. The van der Waals surface area contributed by atoms with E-state index < -0.39 is 46.3 Å². The first-order chi connectivity index (χ1) is 66.9. The fourth-order valence-electron chi connectivity index (χ4n) is 17.7. The minimum absolute atomic E-state index is 0.0975. The van der Waals surface area contributed by atoms with E-state index in [-0.39, 0.29) is 46.1 Å². The van der Waals surface area contributed by atoms with E-state index in [0.29, 0.717) is 96.4 Å². The van der Waals surface area contributed by atoms with E-state index >= 15 is 0 Å². The third-order valence-electron chi connectivity index (χ3n) is 24.0. The number of esters is 4. The summed E-state index contributed by atoms with van der Waals surface area (Å²) in [5.41, 5.74) is 25.7. The molecule has 6 aromatic carbocycles. The summed E-state index contributed by atoms with van der Waals surface area (Å²) in [6, 6.07) is 67.2. The molecule has 0 amide bonds. The van der Waals surface area contributed by atoms with Crippen LogP contribution >= 0.6 is 77.0 Å². The van der Waals surface area contributed by atoms with Gasteiger partial charge in [0.05, 0.1) is 80.9 Å². The fraction of sp³-hybridized carbons (Fsp3) is 0.255. The van der Waals surface area contributed by atoms with Crippen LogP contribution in [0.1, 0.15) is 151 Å². The minimum Gasteiger partial charge on any atom is -0.461 e. The monoisotopic (exact) mass is 2290 g/mol. The number of nitrogens with one attached hydrogen (secondary N) is 4. The predicted molar refractivity (Wildman–Crippen MR) is 550 cm³/mol. The number of aromatic nitrogens is 8. The molecule has 0 unspecified atom stereocenters. The molecular formula is C102H92Br2I2N8O20S4. The molecule has 28 nitrogen and oxygen atoms in total. The summed E-state index contributed by atoms with van der Waals surface area (Å²) in [6.45, 7) is 11.1. The van der Waals surface area contributed by atoms with Crippen molar-refractivity contribution < 1.29 is 71.8 Å². The van der Waals surface area contributed by atoms with Gasteiger partial charge in [0.1, 0.15) is 22.8 Å². The largest absolute Gasteiger partial charge is 0.461 e. The standard InChI is InChI=1S/C27H22BrIN2O3.C27H23IN2O3.C24H23BrN2O3.C24H24N2O3.4O2S/c1-2-34-27(33)25-22(28)20-13-10-18-14-21(17-6-4-3-5-7-17)26(32)30-23(18)24(20)31(25)15-16-8-11-19(29)12-9-16;1-2-33-27(32)23-15-20-11-10-19-14-22(18-6-4-3-5-7-18)26(31)29-24(19)25(20)30(23)16-17-8-12-21(28)13-9-17;1-2-30-24(29)22-19(25)17-11-10-16-12-18(15-6-4-3-5-7-15)23(28)26-20(16)21(17)27(22)13-14-8-9-14;1-2-29-24(28)20-13-18-11-10-17-12-19(16-6-4-3-5-7-16)23(27)25-21(17)22(18)26(20)14-15-8-9-15;4*1-3-2/h3-9,11-12,14H,2,10,13,15H2,1H3,(H,30,32);3-9,12-15H,2,10-11,16H2,1H3,(H,29,31);3-7,12,14H,2,8-11,13H2,1H3,(H,26,28);3-7,12-13,15H,2,8-11,14H2,1H3,(H,25,27);;;;. The molecule has 0 radical (unpaired) electrons. The molecule has 0 saturated heterocycles. The van der Waals surface area contributed by atoms with E-state index in [1.165, 1.54) is 25.7 Å². The molecule has 14 aromatic rings. The van der Waals surface area contributed by atoms with Crippen LogP contribution in [0.4, 0.5) is 0 Å². The van der Waals surface area contributed by atoms with Crippen LogP contribution < -0.4 is 22.2 Å². The van der Waals surface area contributed by atoms with E-state index in [4.69, 9.17) is 52.6 Å². The molecule has 6 aliphatic rings. The Labute approximate surface area is 850 Å². The van der Waals surface area contributed by atoms with Crippen molar-refractivity contribution in [3.63, 3.8) is 0 Å². The van der Waals surface area contributed by atoms with Crippen LogP contribution in [0.2, 0.25) is 0 Å². The Bertz CT molecular complexity index is 7230. The van der Waals surface area contributed by atoms with Crippen molar-refractivity contribution in [2.45, 2.75) is 131 Å². The van der Waals surface area contributed by atoms with Gasteiger partial charge in [-0.3, -0.25) is 19.2 Å². The number of hydrogen-bond acceptors (Lipinski definition) is 20. The van der Waals surface area contributed by atoms with Crippen molar-refractivity contribution in [3.05, 3.63) is 342 Å². The molecule has 2 saturated carbocycles. The molecule has 36 heteroatoms. The van der Waals surface area contributed by atoms with Crippen LogP contribution in [-0.4, -0.2) is 122 Å². The molecule has 0 bridgehead atoms. The summed E-state index contributed by atoms with van der Waals surface area (Å²) < 4.78 is 99.7. The second-order valence-corrected chi connectivity index (χ2v) is 37.2. The molecule has 20 rings (SSSR count). The molecule has 8 aromatic heterocycles. The second-order valence-electron chi connectivity index (χ2n) is 32.6. The third-order valence-corrected chi connectivity index (χ3v) is 27.2. The van der Waals surface area contributed by atoms with Crippen LogP contribution in [0, 0.1) is 19.0 Å². The maximum Gasteiger partial charge on any atom is 0.356 e. The van der Waals surface area contributed by atoms with Gasteiger partial charge in [-0.25, -0.2) is 19.2 Å². The van der Waals surface area contributed by atoms with Crippen LogP contribution in [0.15, 0.2) is 234 Å². The first kappa shape index (κ1) is 103. The lowest BCUT2D eigenvalue weighted by Crippen LogP contribution is -2.19. The summed E-state index contributed by atoms with van der Waals surface area (Å²) in [4.78, 5) is 116. The highest BCUT2D eigenvalue weighted by Gasteiger charge is 2.38. The number of carbonyl (C=O) groups excluding carboxylic acids is 4. The summed E-state index contributed by atoms with van der Waals surface area (Å²) in [5, 5.41) is 0. The molecule has 138 heavy (non-hydrogen) atoms. The molecular weight excluding hydrogens is 2200 g/mol. The summed E-state index contributed by atoms with van der Waals surface area (Å²) >= 11 is 8.92. The lowest BCUT2D eigenvalue weighted by Gasteiger charge is -2.21. The Hall–Kier alpha value is -12.2. The highest BCUT2D eigenvalue weighted by molar-refractivity contribution is 14.1. The van der Waals surface area contributed by atoms with Crippen molar-refractivity contribution in [2.24, 2.45) is 11.8 Å². The Morgan fingerprint density at radius 3 is 0.913 bits per heavy atom. The molecule has 712 valence electrons. The van der Waals surface area contributed by atoms with Crippen LogP contribution in [0.5, 0.6) is 0 Å². The molecule has 8 heterocycles. The van der Waals surface area contributed by atoms with Gasteiger partial charge in [-0.2, -0.15) is 33.7 Å². The summed E-state index contributed by atoms with van der Waals surface area (Å²) in [7, 11) is 0. The smallest absolute Gasteiger partial charge is 0.356 e. The number of benzene rings is 6. The van der Waals surface area contributed by atoms with Gasteiger partial charge in [0.25, 0.3) is 22.2 Å². The first-order valence-electron chi connectivity index (χ1n) is 44.3. The van der Waals surface area contributed by atoms with Crippen molar-refractivity contribution >= 4 is 147 Å². The maximum atomic E-state index is 13.2. The Kier molecular flexibility index (Phi) is 36.6. The zero-order valence-corrected chi connectivity index (χ0v) is 85.8. The van der Waals surface area contributed by atoms with Crippen molar-refractivity contribution in [1.29, 1.82) is 0 Å². The van der Waals surface area contributed by atoms with Gasteiger partial charge < -0.3 is 57.2 Å². The van der Waals surface area contributed by atoms with E-state index in [1.807, 2.05) is 200 Å². The van der Waals surface area contributed by atoms with Gasteiger partial charge >= 0.3 is 70.2 Å². The summed E-state index contributed by atoms with van der Waals surface area (Å²) in [6.07, 6.45) is 11.2. The lowest BCUT2D eigenvalue weighted by atomic mass is 9.92. The maximum absolute atomic E-state index is 13.2. The summed E-state index contributed by atoms with van der Waals surface area (Å²) in [5.74, 6) is -0.152. The van der Waals surface area contributed by atoms with Gasteiger partial charge in [0.2, 0.25) is 0 Å². The fourth-order valence-corrected chi connectivity index (χ4v) is 19.9. The van der Waals surface area contributed by atoms with Gasteiger partial charge in [-0.1, -0.05) is 146 Å². The SMILES string of the molecule is CCOC(=O)c1c(Br)c2c(n1CC1CC1)-c1[nH]c(=O)c(-c3ccccc3)cc1CC2.CCOC(=O)c1c(Br)c2c(n1Cc1ccc(I)cc1)-c1[nH]c(=O)c(-c3ccccc3)cc1CC2.CCOC(=O)c1cc2c(n1CC1CC1)-c1[nH]c(=O)c(-c3ccccc3)cc1CC2.CCOC(=O)c1cc2c(n1Cc1ccc(I)cc1)-c1[nH]c(=O)c(-c3ccccc3)cc1CC2.O=S=O.O=S=O.O=S=O.O=S=O. The van der Waals surface area contributed by atoms with Crippen LogP contribution in [-0.2, 0) is 143 Å². The van der Waals surface area contributed by atoms with Gasteiger partial charge in [-0.05, 0) is 332 Å². The van der Waals surface area contributed by atoms with Gasteiger partial charge in [0.15, 0.2) is 0 Å². The first-order valence-corrected chi connectivity index (χ1v) is 50.7. The van der Waals surface area contributed by atoms with Crippen molar-refractivity contribution in [3.8, 4) is 90.1 Å². The number of carbonyl (C=O) groups is 4. The molecule has 4 N–H and O–H groups in total. The number of aryl methyl sites for hydroxylation is 6. The van der Waals surface area contributed by atoms with Crippen molar-refractivity contribution in [2.75, 3.05) is 26.4 Å². The van der Waals surface area contributed by atoms with Gasteiger partial charge in [-0.15, -0.1) is 0 Å². The third kappa shape index (κ3) is 24.2. The average molecular weight is 2290 g/mol. The topological polar surface area (TPSA) is 393 Å². The molecule has 0 atom stereocenters. The number of H-pyrrole nitrogens is 4. The number of fused-ring (bicyclic) bond motifs is 12.